The Bertz CT molecular complexity index is 1320. The number of para-hydroxylation sites is 1. The molecule has 0 spiro atoms. The maximum atomic E-state index is 12.2. The SMILES string of the molecule is Cc1ccc(Sc2ccc(NC(=O)COCc3nc4ccccc4c(=O)[nH]3)cc2)cc1C. The normalized spacial score (nSPS) is 10.9. The first-order valence-corrected chi connectivity index (χ1v) is 11.0. The van der Waals surface area contributed by atoms with Crippen molar-refractivity contribution < 1.29 is 9.53 Å². The van der Waals surface area contributed by atoms with Crippen LogP contribution < -0.4 is 10.9 Å². The zero-order valence-corrected chi connectivity index (χ0v) is 18.7. The zero-order chi connectivity index (χ0) is 22.5. The van der Waals surface area contributed by atoms with Crippen LogP contribution in [0.4, 0.5) is 5.69 Å². The van der Waals surface area contributed by atoms with Gasteiger partial charge in [0, 0.05) is 15.5 Å². The van der Waals surface area contributed by atoms with Crippen molar-refractivity contribution in [1.82, 2.24) is 9.97 Å². The number of hydrogen-bond acceptors (Lipinski definition) is 5. The quantitative estimate of drug-likeness (QED) is 0.425. The molecular weight excluding hydrogens is 422 g/mol. The molecule has 4 aromatic rings. The van der Waals surface area contributed by atoms with Crippen LogP contribution in [0.2, 0.25) is 0 Å². The standard InChI is InChI=1S/C25H23N3O3S/c1-16-7-10-20(13-17(16)2)32-19-11-8-18(9-12-19)26-24(29)15-31-14-23-27-22-6-4-3-5-21(22)25(30)28-23/h3-13H,14-15H2,1-2H3,(H,26,29)(H,27,28,30). The van der Waals surface area contributed by atoms with E-state index in [0.717, 1.165) is 4.90 Å². The van der Waals surface area contributed by atoms with E-state index in [0.29, 0.717) is 22.4 Å². The van der Waals surface area contributed by atoms with Gasteiger partial charge in [-0.25, -0.2) is 4.98 Å². The average molecular weight is 446 g/mol. The first-order valence-electron chi connectivity index (χ1n) is 10.2. The van der Waals surface area contributed by atoms with E-state index in [9.17, 15) is 9.59 Å². The first kappa shape index (κ1) is 21.8. The molecule has 0 aliphatic heterocycles. The molecule has 0 unspecified atom stereocenters. The Kier molecular flexibility index (Phi) is 6.68. The van der Waals surface area contributed by atoms with Crippen LogP contribution in [-0.4, -0.2) is 22.5 Å². The predicted molar refractivity (Wildman–Crippen MR) is 127 cm³/mol. The third kappa shape index (κ3) is 5.43. The number of nitrogens with zero attached hydrogens (tertiary/aromatic N) is 1. The highest BCUT2D eigenvalue weighted by atomic mass is 32.2. The van der Waals surface area contributed by atoms with E-state index >= 15 is 0 Å². The first-order chi connectivity index (χ1) is 15.5. The number of hydrogen-bond donors (Lipinski definition) is 2. The fourth-order valence-electron chi connectivity index (χ4n) is 3.16. The van der Waals surface area contributed by atoms with Crippen molar-refractivity contribution in [2.75, 3.05) is 11.9 Å². The van der Waals surface area contributed by atoms with Gasteiger partial charge in [-0.2, -0.15) is 0 Å². The zero-order valence-electron chi connectivity index (χ0n) is 17.8. The van der Waals surface area contributed by atoms with Gasteiger partial charge in [-0.05, 0) is 73.5 Å². The number of anilines is 1. The lowest BCUT2D eigenvalue weighted by atomic mass is 10.1. The number of aromatic nitrogens is 2. The molecule has 162 valence electrons. The van der Waals surface area contributed by atoms with Crippen LogP contribution in [0.1, 0.15) is 17.0 Å². The smallest absolute Gasteiger partial charge is 0.258 e. The number of aryl methyl sites for hydroxylation is 2. The van der Waals surface area contributed by atoms with Gasteiger partial charge in [0.2, 0.25) is 5.91 Å². The summed E-state index contributed by atoms with van der Waals surface area (Å²) in [5.41, 5.74) is 3.61. The Labute approximate surface area is 190 Å². The molecule has 0 aliphatic carbocycles. The van der Waals surface area contributed by atoms with E-state index in [4.69, 9.17) is 4.74 Å². The summed E-state index contributed by atoms with van der Waals surface area (Å²) in [5.74, 6) is 0.108. The molecule has 3 aromatic carbocycles. The summed E-state index contributed by atoms with van der Waals surface area (Å²) < 4.78 is 5.43. The van der Waals surface area contributed by atoms with Gasteiger partial charge in [0.15, 0.2) is 0 Å². The van der Waals surface area contributed by atoms with Gasteiger partial charge in [0.1, 0.15) is 19.0 Å². The van der Waals surface area contributed by atoms with Crippen LogP contribution in [0.15, 0.2) is 81.3 Å². The van der Waals surface area contributed by atoms with Crippen LogP contribution in [0.5, 0.6) is 0 Å². The van der Waals surface area contributed by atoms with Gasteiger partial charge in [-0.3, -0.25) is 9.59 Å². The minimum Gasteiger partial charge on any atom is -0.364 e. The van der Waals surface area contributed by atoms with E-state index in [1.807, 2.05) is 30.3 Å². The molecule has 32 heavy (non-hydrogen) atoms. The van der Waals surface area contributed by atoms with Crippen molar-refractivity contribution in [1.29, 1.82) is 0 Å². The van der Waals surface area contributed by atoms with Crippen molar-refractivity contribution in [2.24, 2.45) is 0 Å². The number of fused-ring (bicyclic) bond motifs is 1. The molecule has 6 nitrogen and oxygen atoms in total. The van der Waals surface area contributed by atoms with Crippen molar-refractivity contribution >= 4 is 34.3 Å². The minimum absolute atomic E-state index is 0.0407. The van der Waals surface area contributed by atoms with Crippen LogP contribution in [0, 0.1) is 13.8 Å². The Morgan fingerprint density at radius 2 is 1.75 bits per heavy atom. The Morgan fingerprint density at radius 1 is 1.00 bits per heavy atom. The molecule has 0 saturated heterocycles. The molecule has 0 fully saturated rings. The molecule has 0 aliphatic rings. The molecule has 7 heteroatoms. The number of H-pyrrole nitrogens is 1. The van der Waals surface area contributed by atoms with Gasteiger partial charge >= 0.3 is 0 Å². The fraction of sp³-hybridized carbons (Fsp3) is 0.160. The molecule has 4 rings (SSSR count). The highest BCUT2D eigenvalue weighted by molar-refractivity contribution is 7.99. The third-order valence-corrected chi connectivity index (χ3v) is 5.98. The van der Waals surface area contributed by atoms with Crippen molar-refractivity contribution in [2.45, 2.75) is 30.2 Å². The third-order valence-electron chi connectivity index (χ3n) is 4.99. The second kappa shape index (κ2) is 9.80. The summed E-state index contributed by atoms with van der Waals surface area (Å²) in [6.07, 6.45) is 0. The summed E-state index contributed by atoms with van der Waals surface area (Å²) in [4.78, 5) is 33.6. The maximum Gasteiger partial charge on any atom is 0.258 e. The van der Waals surface area contributed by atoms with E-state index in [1.165, 1.54) is 16.0 Å². The van der Waals surface area contributed by atoms with Gasteiger partial charge in [-0.15, -0.1) is 0 Å². The molecule has 1 aromatic heterocycles. The Hall–Kier alpha value is -3.42. The number of nitrogens with one attached hydrogen (secondary N) is 2. The fourth-order valence-corrected chi connectivity index (χ4v) is 4.08. The number of carbonyl (C=O) groups is 1. The van der Waals surface area contributed by atoms with Gasteiger partial charge < -0.3 is 15.0 Å². The Morgan fingerprint density at radius 3 is 2.53 bits per heavy atom. The van der Waals surface area contributed by atoms with Crippen LogP contribution in [-0.2, 0) is 16.1 Å². The van der Waals surface area contributed by atoms with Gasteiger partial charge in [0.25, 0.3) is 5.56 Å². The van der Waals surface area contributed by atoms with Crippen molar-refractivity contribution in [3.63, 3.8) is 0 Å². The highest BCUT2D eigenvalue weighted by Gasteiger charge is 2.07. The number of aromatic amines is 1. The molecular formula is C25H23N3O3S. The second-order valence-electron chi connectivity index (χ2n) is 7.44. The monoisotopic (exact) mass is 445 g/mol. The summed E-state index contributed by atoms with van der Waals surface area (Å²) >= 11 is 1.68. The lowest BCUT2D eigenvalue weighted by molar-refractivity contribution is -0.121. The number of ether oxygens (including phenoxy) is 1. The molecule has 0 bridgehead atoms. The van der Waals surface area contributed by atoms with Crippen LogP contribution in [0.25, 0.3) is 10.9 Å². The summed E-state index contributed by atoms with van der Waals surface area (Å²) in [5, 5.41) is 3.33. The van der Waals surface area contributed by atoms with E-state index < -0.39 is 0 Å². The molecule has 1 heterocycles. The number of benzene rings is 3. The maximum absolute atomic E-state index is 12.2. The second-order valence-corrected chi connectivity index (χ2v) is 8.59. The molecule has 0 atom stereocenters. The van der Waals surface area contributed by atoms with Gasteiger partial charge in [-0.1, -0.05) is 30.0 Å². The number of rotatable bonds is 7. The summed E-state index contributed by atoms with van der Waals surface area (Å²) in [6.45, 7) is 4.10. The topological polar surface area (TPSA) is 84.1 Å². The predicted octanol–water partition coefficient (Wildman–Crippen LogP) is 4.85. The largest absolute Gasteiger partial charge is 0.364 e. The minimum atomic E-state index is -0.275. The van der Waals surface area contributed by atoms with Crippen molar-refractivity contribution in [3.05, 3.63) is 94.0 Å². The molecule has 0 saturated carbocycles. The Balaban J connectivity index is 1.28. The molecule has 1 amide bonds. The number of carbonyl (C=O) groups excluding carboxylic acids is 1. The summed E-state index contributed by atoms with van der Waals surface area (Å²) in [7, 11) is 0. The number of amides is 1. The molecule has 0 radical (unpaired) electrons. The van der Waals surface area contributed by atoms with Crippen LogP contribution >= 0.6 is 11.8 Å². The lowest BCUT2D eigenvalue weighted by Gasteiger charge is -2.08. The van der Waals surface area contributed by atoms with Crippen LogP contribution in [0.3, 0.4) is 0 Å². The average Bonchev–Trinajstić information content (AvgIpc) is 2.78. The lowest BCUT2D eigenvalue weighted by Crippen LogP contribution is -2.19. The highest BCUT2D eigenvalue weighted by Crippen LogP contribution is 2.29. The van der Waals surface area contributed by atoms with E-state index in [-0.39, 0.29) is 24.7 Å². The molecule has 2 N–H and O–H groups in total. The van der Waals surface area contributed by atoms with Gasteiger partial charge in [0.05, 0.1) is 10.9 Å². The van der Waals surface area contributed by atoms with E-state index in [2.05, 4.69) is 47.3 Å². The van der Waals surface area contributed by atoms with E-state index in [1.54, 1.807) is 30.0 Å². The summed E-state index contributed by atoms with van der Waals surface area (Å²) in [6, 6.07) is 21.2. The van der Waals surface area contributed by atoms with Crippen molar-refractivity contribution in [3.8, 4) is 0 Å².